The van der Waals surface area contributed by atoms with Crippen molar-refractivity contribution in [2.24, 2.45) is 0 Å². The Hall–Kier alpha value is -2.99. The Morgan fingerprint density at radius 3 is 2.03 bits per heavy atom. The van der Waals surface area contributed by atoms with Gasteiger partial charge in [0.2, 0.25) is 0 Å². The summed E-state index contributed by atoms with van der Waals surface area (Å²) in [6, 6.07) is 15.8. The molecule has 2 amide bonds. The van der Waals surface area contributed by atoms with Crippen LogP contribution in [-0.2, 0) is 11.2 Å². The Labute approximate surface area is 169 Å². The van der Waals surface area contributed by atoms with E-state index in [1.54, 1.807) is 24.3 Å². The summed E-state index contributed by atoms with van der Waals surface area (Å²) in [5, 5.41) is 12.9. The van der Waals surface area contributed by atoms with Crippen LogP contribution in [0.15, 0.2) is 54.6 Å². The summed E-state index contributed by atoms with van der Waals surface area (Å²) >= 11 is 0. The van der Waals surface area contributed by atoms with Gasteiger partial charge in [-0.15, -0.1) is 0 Å². The molecular weight excluding hydrogens is 368 g/mol. The van der Waals surface area contributed by atoms with Crippen molar-refractivity contribution < 1.29 is 19.5 Å². The molecule has 6 heteroatoms. The second-order valence-corrected chi connectivity index (χ2v) is 7.78. The maximum atomic E-state index is 12.7. The lowest BCUT2D eigenvalue weighted by Crippen LogP contribution is -2.49. The molecule has 29 heavy (non-hydrogen) atoms. The molecule has 0 aromatic heterocycles. The molecule has 0 radical (unpaired) electrons. The van der Waals surface area contributed by atoms with Crippen LogP contribution in [0.4, 0.5) is 0 Å². The predicted octanol–water partition coefficient (Wildman–Crippen LogP) is 2.88. The quantitative estimate of drug-likeness (QED) is 0.738. The molecule has 2 aromatic rings. The first kappa shape index (κ1) is 19.3. The SMILES string of the molecule is O=C(O)[C@@H](Cc1ccccc1)NC1CCC(N2C(=O)c3ccccc3C2=O)CC1. The van der Waals surface area contributed by atoms with Crippen LogP contribution in [0.2, 0.25) is 0 Å². The number of nitrogens with zero attached hydrogens (tertiary/aromatic N) is 1. The molecule has 1 aliphatic carbocycles. The van der Waals surface area contributed by atoms with Gasteiger partial charge in [0.05, 0.1) is 11.1 Å². The van der Waals surface area contributed by atoms with E-state index < -0.39 is 12.0 Å². The predicted molar refractivity (Wildman–Crippen MR) is 108 cm³/mol. The number of carboxylic acids is 1. The van der Waals surface area contributed by atoms with E-state index in [-0.39, 0.29) is 23.9 Å². The summed E-state index contributed by atoms with van der Waals surface area (Å²) in [6.07, 6.45) is 3.25. The van der Waals surface area contributed by atoms with Gasteiger partial charge in [-0.2, -0.15) is 0 Å². The number of rotatable bonds is 6. The van der Waals surface area contributed by atoms with Crippen LogP contribution < -0.4 is 5.32 Å². The lowest BCUT2D eigenvalue weighted by atomic mass is 9.89. The lowest BCUT2D eigenvalue weighted by Gasteiger charge is -2.35. The van der Waals surface area contributed by atoms with Crippen LogP contribution >= 0.6 is 0 Å². The third kappa shape index (κ3) is 3.93. The summed E-state index contributed by atoms with van der Waals surface area (Å²) in [5.41, 5.74) is 1.94. The van der Waals surface area contributed by atoms with Crippen LogP contribution in [0.1, 0.15) is 52.0 Å². The third-order valence-electron chi connectivity index (χ3n) is 5.90. The number of hydrogen-bond donors (Lipinski definition) is 2. The number of nitrogens with one attached hydrogen (secondary N) is 1. The topological polar surface area (TPSA) is 86.7 Å². The molecular formula is C23H24N2O4. The van der Waals surface area contributed by atoms with E-state index in [0.717, 1.165) is 18.4 Å². The molecule has 0 saturated heterocycles. The van der Waals surface area contributed by atoms with Gasteiger partial charge in [0.1, 0.15) is 6.04 Å². The lowest BCUT2D eigenvalue weighted by molar-refractivity contribution is -0.139. The molecule has 1 heterocycles. The number of amides is 2. The number of carbonyl (C=O) groups is 3. The average Bonchev–Trinajstić information content (AvgIpc) is 2.99. The minimum Gasteiger partial charge on any atom is -0.480 e. The van der Waals surface area contributed by atoms with Gasteiger partial charge in [-0.05, 0) is 49.8 Å². The summed E-state index contributed by atoms with van der Waals surface area (Å²) in [6.45, 7) is 0. The van der Waals surface area contributed by atoms with E-state index in [2.05, 4.69) is 5.32 Å². The van der Waals surface area contributed by atoms with Crippen LogP contribution in [-0.4, -0.2) is 45.9 Å². The Morgan fingerprint density at radius 1 is 0.931 bits per heavy atom. The Morgan fingerprint density at radius 2 is 1.48 bits per heavy atom. The van der Waals surface area contributed by atoms with E-state index >= 15 is 0 Å². The standard InChI is InChI=1S/C23H24N2O4/c26-21-18-8-4-5-9-19(18)22(27)25(21)17-12-10-16(11-13-17)24-20(23(28)29)14-15-6-2-1-3-7-15/h1-9,16-17,20,24H,10-14H2,(H,28,29)/t16?,17?,20-/m1/s1. The van der Waals surface area contributed by atoms with Crippen LogP contribution in [0.5, 0.6) is 0 Å². The third-order valence-corrected chi connectivity index (χ3v) is 5.90. The zero-order valence-electron chi connectivity index (χ0n) is 16.1. The Kier molecular flexibility index (Phi) is 5.45. The monoisotopic (exact) mass is 392 g/mol. The van der Waals surface area contributed by atoms with E-state index in [4.69, 9.17) is 0 Å². The van der Waals surface area contributed by atoms with Crippen LogP contribution in [0, 0.1) is 0 Å². The maximum Gasteiger partial charge on any atom is 0.321 e. The van der Waals surface area contributed by atoms with Gasteiger partial charge >= 0.3 is 5.97 Å². The highest BCUT2D eigenvalue weighted by Crippen LogP contribution is 2.31. The number of aliphatic carboxylic acids is 1. The van der Waals surface area contributed by atoms with Gasteiger partial charge in [0.25, 0.3) is 11.8 Å². The summed E-state index contributed by atoms with van der Waals surface area (Å²) < 4.78 is 0. The van der Waals surface area contributed by atoms with E-state index in [9.17, 15) is 19.5 Å². The molecule has 4 rings (SSSR count). The molecule has 0 spiro atoms. The van der Waals surface area contributed by atoms with E-state index in [1.165, 1.54) is 4.90 Å². The van der Waals surface area contributed by atoms with E-state index in [0.29, 0.717) is 30.4 Å². The first-order valence-electron chi connectivity index (χ1n) is 10.0. The minimum absolute atomic E-state index is 0.0613. The first-order chi connectivity index (χ1) is 14.0. The zero-order chi connectivity index (χ0) is 20.4. The molecule has 2 aromatic carbocycles. The van der Waals surface area contributed by atoms with Gasteiger partial charge in [-0.1, -0.05) is 42.5 Å². The fraction of sp³-hybridized carbons (Fsp3) is 0.348. The normalized spacial score (nSPS) is 22.4. The fourth-order valence-electron chi connectivity index (χ4n) is 4.39. The number of fused-ring (bicyclic) bond motifs is 1. The maximum absolute atomic E-state index is 12.7. The molecule has 2 N–H and O–H groups in total. The summed E-state index contributed by atoms with van der Waals surface area (Å²) in [4.78, 5) is 38.4. The fourth-order valence-corrected chi connectivity index (χ4v) is 4.39. The van der Waals surface area contributed by atoms with Crippen molar-refractivity contribution in [1.82, 2.24) is 10.2 Å². The molecule has 150 valence electrons. The molecule has 1 aliphatic heterocycles. The number of benzene rings is 2. The second kappa shape index (κ2) is 8.17. The van der Waals surface area contributed by atoms with Gasteiger partial charge in [0, 0.05) is 12.1 Å². The number of carbonyl (C=O) groups excluding carboxylic acids is 2. The number of hydrogen-bond acceptors (Lipinski definition) is 4. The average molecular weight is 392 g/mol. The molecule has 0 bridgehead atoms. The zero-order valence-corrected chi connectivity index (χ0v) is 16.1. The van der Waals surface area contributed by atoms with Gasteiger partial charge < -0.3 is 10.4 Å². The van der Waals surface area contributed by atoms with Gasteiger partial charge in [-0.3, -0.25) is 19.3 Å². The van der Waals surface area contributed by atoms with Crippen LogP contribution in [0.25, 0.3) is 0 Å². The highest BCUT2D eigenvalue weighted by molar-refractivity contribution is 6.21. The van der Waals surface area contributed by atoms with Crippen molar-refractivity contribution in [2.75, 3.05) is 0 Å². The van der Waals surface area contributed by atoms with Crippen molar-refractivity contribution >= 4 is 17.8 Å². The largest absolute Gasteiger partial charge is 0.480 e. The second-order valence-electron chi connectivity index (χ2n) is 7.78. The molecule has 1 atom stereocenters. The van der Waals surface area contributed by atoms with Crippen molar-refractivity contribution in [3.8, 4) is 0 Å². The van der Waals surface area contributed by atoms with Crippen molar-refractivity contribution in [1.29, 1.82) is 0 Å². The first-order valence-corrected chi connectivity index (χ1v) is 10.0. The molecule has 1 saturated carbocycles. The van der Waals surface area contributed by atoms with Gasteiger partial charge in [0.15, 0.2) is 0 Å². The van der Waals surface area contributed by atoms with Crippen LogP contribution in [0.3, 0.4) is 0 Å². The van der Waals surface area contributed by atoms with E-state index in [1.807, 2.05) is 30.3 Å². The Balaban J connectivity index is 1.36. The highest BCUT2D eigenvalue weighted by Gasteiger charge is 2.41. The number of carboxylic acid groups (broad SMARTS) is 1. The molecule has 0 unspecified atom stereocenters. The van der Waals surface area contributed by atoms with Crippen molar-refractivity contribution in [3.05, 3.63) is 71.3 Å². The van der Waals surface area contributed by atoms with Crippen molar-refractivity contribution in [3.63, 3.8) is 0 Å². The highest BCUT2D eigenvalue weighted by atomic mass is 16.4. The molecule has 6 nitrogen and oxygen atoms in total. The minimum atomic E-state index is -0.865. The molecule has 2 aliphatic rings. The number of imide groups is 1. The molecule has 1 fully saturated rings. The smallest absolute Gasteiger partial charge is 0.321 e. The Bertz CT molecular complexity index is 884. The summed E-state index contributed by atoms with van der Waals surface area (Å²) in [7, 11) is 0. The van der Waals surface area contributed by atoms with Gasteiger partial charge in [-0.25, -0.2) is 0 Å². The summed E-state index contributed by atoms with van der Waals surface area (Å²) in [5.74, 6) is -1.29. The van der Waals surface area contributed by atoms with Crippen molar-refractivity contribution in [2.45, 2.75) is 50.2 Å².